The maximum atomic E-state index is 13.4. The molecule has 0 aromatic rings. The molecule has 2 bridgehead atoms. The number of piperidine rings is 1. The summed E-state index contributed by atoms with van der Waals surface area (Å²) >= 11 is 0. The van der Waals surface area contributed by atoms with Gasteiger partial charge >= 0.3 is 0 Å². The van der Waals surface area contributed by atoms with E-state index in [0.717, 1.165) is 25.7 Å². The third-order valence-corrected chi connectivity index (χ3v) is 4.50. The predicted octanol–water partition coefficient (Wildman–Crippen LogP) is 1.90. The summed E-state index contributed by atoms with van der Waals surface area (Å²) in [5, 5.41) is 0. The number of carbonyl (C=O) groups excluding carboxylic acids is 1. The number of alkyl halides is 1. The first-order valence-electron chi connectivity index (χ1n) is 6.79. The Morgan fingerprint density at radius 1 is 1.06 bits per heavy atom. The first-order valence-corrected chi connectivity index (χ1v) is 6.79. The van der Waals surface area contributed by atoms with Gasteiger partial charge in [-0.25, -0.2) is 4.39 Å². The zero-order valence-electron chi connectivity index (χ0n) is 10.1. The molecule has 3 fully saturated rings. The molecule has 0 aliphatic carbocycles. The lowest BCUT2D eigenvalue weighted by Gasteiger charge is -2.39. The molecular formula is C13H20FNO2. The molecule has 1 amide bonds. The first-order chi connectivity index (χ1) is 8.25. The number of ether oxygens (including phenoxy) is 1. The van der Waals surface area contributed by atoms with Crippen LogP contribution in [-0.4, -0.2) is 42.3 Å². The van der Waals surface area contributed by atoms with Crippen LogP contribution in [0.5, 0.6) is 0 Å². The van der Waals surface area contributed by atoms with E-state index in [1.807, 2.05) is 4.90 Å². The van der Waals surface area contributed by atoms with Crippen molar-refractivity contribution in [2.24, 2.45) is 5.92 Å². The van der Waals surface area contributed by atoms with Crippen molar-refractivity contribution in [2.75, 3.05) is 13.2 Å². The summed E-state index contributed by atoms with van der Waals surface area (Å²) < 4.78 is 18.7. The van der Waals surface area contributed by atoms with Gasteiger partial charge in [0.25, 0.3) is 0 Å². The Kier molecular flexibility index (Phi) is 3.07. The van der Waals surface area contributed by atoms with E-state index in [4.69, 9.17) is 4.74 Å². The normalized spacial score (nSPS) is 38.4. The molecule has 3 rings (SSSR count). The van der Waals surface area contributed by atoms with Crippen LogP contribution < -0.4 is 0 Å². The summed E-state index contributed by atoms with van der Waals surface area (Å²) in [6, 6.07) is 0.359. The predicted molar refractivity (Wildman–Crippen MR) is 61.3 cm³/mol. The smallest absolute Gasteiger partial charge is 0.226 e. The summed E-state index contributed by atoms with van der Waals surface area (Å²) in [5.41, 5.74) is 0. The number of amides is 1. The molecule has 3 saturated heterocycles. The second-order valence-electron chi connectivity index (χ2n) is 5.59. The zero-order chi connectivity index (χ0) is 11.8. The van der Waals surface area contributed by atoms with Crippen molar-refractivity contribution < 1.29 is 13.9 Å². The van der Waals surface area contributed by atoms with Crippen molar-refractivity contribution in [3.63, 3.8) is 0 Å². The molecule has 4 heteroatoms. The van der Waals surface area contributed by atoms with Crippen molar-refractivity contribution in [2.45, 2.75) is 56.8 Å². The minimum absolute atomic E-state index is 0.128. The van der Waals surface area contributed by atoms with Crippen LogP contribution in [0.4, 0.5) is 4.39 Å². The van der Waals surface area contributed by atoms with Gasteiger partial charge in [-0.05, 0) is 38.5 Å². The lowest BCUT2D eigenvalue weighted by molar-refractivity contribution is -0.144. The van der Waals surface area contributed by atoms with E-state index >= 15 is 0 Å². The van der Waals surface area contributed by atoms with E-state index in [2.05, 4.69) is 0 Å². The Balaban J connectivity index is 1.69. The topological polar surface area (TPSA) is 29.5 Å². The van der Waals surface area contributed by atoms with Gasteiger partial charge in [-0.15, -0.1) is 0 Å². The molecule has 3 nitrogen and oxygen atoms in total. The van der Waals surface area contributed by atoms with Crippen LogP contribution in [0, 0.1) is 5.92 Å². The van der Waals surface area contributed by atoms with E-state index in [1.54, 1.807) is 0 Å². The molecule has 3 aliphatic rings. The van der Waals surface area contributed by atoms with E-state index in [0.29, 0.717) is 26.1 Å². The molecule has 0 saturated carbocycles. The minimum Gasteiger partial charge on any atom is -0.381 e. The van der Waals surface area contributed by atoms with Crippen LogP contribution in [0.3, 0.4) is 0 Å². The Bertz CT molecular complexity index is 290. The molecule has 0 spiro atoms. The van der Waals surface area contributed by atoms with Gasteiger partial charge in [0.05, 0.1) is 0 Å². The monoisotopic (exact) mass is 241 g/mol. The summed E-state index contributed by atoms with van der Waals surface area (Å²) in [5.74, 6) is 0.399. The fourth-order valence-corrected chi connectivity index (χ4v) is 3.63. The molecule has 3 heterocycles. The van der Waals surface area contributed by atoms with Crippen LogP contribution in [0.1, 0.15) is 38.5 Å². The number of carbonyl (C=O) groups is 1. The van der Waals surface area contributed by atoms with Gasteiger partial charge in [0, 0.05) is 31.2 Å². The average Bonchev–Trinajstić information content (AvgIpc) is 2.62. The number of fused-ring (bicyclic) bond motifs is 2. The van der Waals surface area contributed by atoms with Gasteiger partial charge in [-0.2, -0.15) is 0 Å². The van der Waals surface area contributed by atoms with Gasteiger partial charge in [-0.1, -0.05) is 0 Å². The second kappa shape index (κ2) is 4.56. The number of nitrogens with zero attached hydrogens (tertiary/aromatic N) is 1. The lowest BCUT2D eigenvalue weighted by Crippen LogP contribution is -2.50. The summed E-state index contributed by atoms with van der Waals surface area (Å²) in [7, 11) is 0. The SMILES string of the molecule is O=C(C1CCOCC1)N1C2CCC1CC(F)C2. The van der Waals surface area contributed by atoms with E-state index in [-0.39, 0.29) is 23.9 Å². The summed E-state index contributed by atoms with van der Waals surface area (Å²) in [4.78, 5) is 14.5. The van der Waals surface area contributed by atoms with Gasteiger partial charge in [0.1, 0.15) is 6.17 Å². The Morgan fingerprint density at radius 3 is 2.24 bits per heavy atom. The third-order valence-electron chi connectivity index (χ3n) is 4.50. The fourth-order valence-electron chi connectivity index (χ4n) is 3.63. The second-order valence-corrected chi connectivity index (χ2v) is 5.59. The first kappa shape index (κ1) is 11.5. The highest BCUT2D eigenvalue weighted by Crippen LogP contribution is 2.38. The standard InChI is InChI=1S/C13H20FNO2/c14-10-7-11-1-2-12(8-10)15(11)13(16)9-3-5-17-6-4-9/h9-12H,1-8H2. The molecule has 0 aromatic carbocycles. The van der Waals surface area contributed by atoms with Crippen LogP contribution in [0.15, 0.2) is 0 Å². The van der Waals surface area contributed by atoms with Crippen LogP contribution in [-0.2, 0) is 9.53 Å². The van der Waals surface area contributed by atoms with Crippen molar-refractivity contribution in [1.82, 2.24) is 4.90 Å². The zero-order valence-corrected chi connectivity index (χ0v) is 10.1. The molecule has 0 N–H and O–H groups in total. The average molecular weight is 241 g/mol. The van der Waals surface area contributed by atoms with Gasteiger partial charge in [-0.3, -0.25) is 4.79 Å². The fraction of sp³-hybridized carbons (Fsp3) is 0.923. The Morgan fingerprint density at radius 2 is 1.65 bits per heavy atom. The van der Waals surface area contributed by atoms with Crippen molar-refractivity contribution >= 4 is 5.91 Å². The van der Waals surface area contributed by atoms with Crippen molar-refractivity contribution in [1.29, 1.82) is 0 Å². The molecule has 0 radical (unpaired) electrons. The van der Waals surface area contributed by atoms with Gasteiger partial charge in [0.15, 0.2) is 0 Å². The van der Waals surface area contributed by atoms with Crippen LogP contribution >= 0.6 is 0 Å². The molecule has 2 unspecified atom stereocenters. The maximum absolute atomic E-state index is 13.4. The molecule has 96 valence electrons. The lowest BCUT2D eigenvalue weighted by atomic mass is 9.94. The highest BCUT2D eigenvalue weighted by atomic mass is 19.1. The summed E-state index contributed by atoms with van der Waals surface area (Å²) in [6.07, 6.45) is 4.12. The van der Waals surface area contributed by atoms with Crippen LogP contribution in [0.2, 0.25) is 0 Å². The minimum atomic E-state index is -0.689. The highest BCUT2D eigenvalue weighted by Gasteiger charge is 2.44. The van der Waals surface area contributed by atoms with Gasteiger partial charge < -0.3 is 9.64 Å². The van der Waals surface area contributed by atoms with E-state index in [9.17, 15) is 9.18 Å². The molecule has 2 atom stereocenters. The molecule has 0 aromatic heterocycles. The van der Waals surface area contributed by atoms with Crippen LogP contribution in [0.25, 0.3) is 0 Å². The van der Waals surface area contributed by atoms with Crippen molar-refractivity contribution in [3.05, 3.63) is 0 Å². The summed E-state index contributed by atoms with van der Waals surface area (Å²) in [6.45, 7) is 1.40. The highest BCUT2D eigenvalue weighted by molar-refractivity contribution is 5.80. The van der Waals surface area contributed by atoms with E-state index < -0.39 is 6.17 Å². The van der Waals surface area contributed by atoms with Gasteiger partial charge in [0.2, 0.25) is 5.91 Å². The molecule has 17 heavy (non-hydrogen) atoms. The molecule has 3 aliphatic heterocycles. The number of halogens is 1. The maximum Gasteiger partial charge on any atom is 0.226 e. The largest absolute Gasteiger partial charge is 0.381 e. The number of rotatable bonds is 1. The number of hydrogen-bond donors (Lipinski definition) is 0. The van der Waals surface area contributed by atoms with Crippen molar-refractivity contribution in [3.8, 4) is 0 Å². The Labute approximate surface area is 101 Å². The molecular weight excluding hydrogens is 221 g/mol. The quantitative estimate of drug-likeness (QED) is 0.701. The Hall–Kier alpha value is -0.640. The number of hydrogen-bond acceptors (Lipinski definition) is 2. The third kappa shape index (κ3) is 2.07. The van der Waals surface area contributed by atoms with E-state index in [1.165, 1.54) is 0 Å².